The lowest BCUT2D eigenvalue weighted by molar-refractivity contribution is -0.0164. The Morgan fingerprint density at radius 3 is 2.50 bits per heavy atom. The van der Waals surface area contributed by atoms with Crippen molar-refractivity contribution in [3.8, 4) is 0 Å². The zero-order valence-electron chi connectivity index (χ0n) is 7.99. The number of hydrogen-bond acceptors (Lipinski definition) is 3. The molecule has 72 valence electrons. The van der Waals surface area contributed by atoms with Gasteiger partial charge in [-0.3, -0.25) is 0 Å². The molecule has 1 rings (SSSR count). The van der Waals surface area contributed by atoms with Crippen LogP contribution >= 0.6 is 0 Å². The fourth-order valence-electron chi connectivity index (χ4n) is 1.22. The van der Waals surface area contributed by atoms with Gasteiger partial charge in [-0.05, 0) is 33.4 Å². The third-order valence-corrected chi connectivity index (χ3v) is 2.04. The predicted molar refractivity (Wildman–Crippen MR) is 48.2 cm³/mol. The molecule has 0 aromatic heterocycles. The summed E-state index contributed by atoms with van der Waals surface area (Å²) in [6.45, 7) is 7.48. The van der Waals surface area contributed by atoms with Crippen molar-refractivity contribution in [2.24, 2.45) is 0 Å². The van der Waals surface area contributed by atoms with E-state index in [1.165, 1.54) is 6.42 Å². The lowest BCUT2D eigenvalue weighted by Crippen LogP contribution is -2.43. The molecule has 1 N–H and O–H groups in total. The molecule has 1 aliphatic heterocycles. The maximum Gasteiger partial charge on any atom is 0.0900 e. The lowest BCUT2D eigenvalue weighted by atomic mass is 10.2. The molecule has 3 heteroatoms. The number of β-amino-alcohol motifs (C(OH)–C–C–N with tert-alkyl or cyclic N) is 1. The number of hydrogen-bond donors (Lipinski definition) is 1. The Morgan fingerprint density at radius 1 is 1.42 bits per heavy atom. The molecule has 12 heavy (non-hydrogen) atoms. The molecule has 0 bridgehead atoms. The highest BCUT2D eigenvalue weighted by molar-refractivity contribution is 4.71. The molecular formula is C9H19NO2. The van der Waals surface area contributed by atoms with Gasteiger partial charge in [0.15, 0.2) is 0 Å². The van der Waals surface area contributed by atoms with Crippen LogP contribution in [0.15, 0.2) is 0 Å². The highest BCUT2D eigenvalue weighted by atomic mass is 16.5. The number of aliphatic hydroxyl groups excluding tert-OH is 1. The van der Waals surface area contributed by atoms with Crippen molar-refractivity contribution in [1.29, 1.82) is 0 Å². The SMILES string of the molecule is CC(C)OC[C@H](O)CN1CCC1. The average Bonchev–Trinajstić information content (AvgIpc) is 1.93. The summed E-state index contributed by atoms with van der Waals surface area (Å²) in [5.74, 6) is 0. The standard InChI is InChI=1S/C9H19NO2/c1-8(2)12-7-9(11)6-10-4-3-5-10/h8-9,11H,3-7H2,1-2H3/t9-/m1/s1. The number of nitrogens with zero attached hydrogens (tertiary/aromatic N) is 1. The van der Waals surface area contributed by atoms with E-state index in [1.54, 1.807) is 0 Å². The van der Waals surface area contributed by atoms with Crippen molar-refractivity contribution in [1.82, 2.24) is 4.90 Å². The van der Waals surface area contributed by atoms with Gasteiger partial charge in [0.05, 0.1) is 18.8 Å². The van der Waals surface area contributed by atoms with Crippen molar-refractivity contribution < 1.29 is 9.84 Å². The Balaban J connectivity index is 1.98. The van der Waals surface area contributed by atoms with Crippen LogP contribution in [-0.2, 0) is 4.74 Å². The predicted octanol–water partition coefficient (Wildman–Crippen LogP) is 0.478. The van der Waals surface area contributed by atoms with Crippen LogP contribution < -0.4 is 0 Å². The molecule has 0 aliphatic carbocycles. The summed E-state index contributed by atoms with van der Waals surface area (Å²) >= 11 is 0. The van der Waals surface area contributed by atoms with Gasteiger partial charge in [-0.25, -0.2) is 0 Å². The highest BCUT2D eigenvalue weighted by Crippen LogP contribution is 2.06. The fourth-order valence-corrected chi connectivity index (χ4v) is 1.22. The minimum absolute atomic E-state index is 0.219. The van der Waals surface area contributed by atoms with E-state index in [4.69, 9.17) is 4.74 Å². The summed E-state index contributed by atoms with van der Waals surface area (Å²) in [5.41, 5.74) is 0. The molecule has 0 aromatic rings. The number of ether oxygens (including phenoxy) is 1. The van der Waals surface area contributed by atoms with Crippen LogP contribution in [0.5, 0.6) is 0 Å². The number of aliphatic hydroxyl groups is 1. The molecule has 1 aliphatic rings. The van der Waals surface area contributed by atoms with Gasteiger partial charge in [0.25, 0.3) is 0 Å². The molecule has 1 heterocycles. The smallest absolute Gasteiger partial charge is 0.0900 e. The van der Waals surface area contributed by atoms with E-state index < -0.39 is 0 Å². The molecule has 0 amide bonds. The summed E-state index contributed by atoms with van der Waals surface area (Å²) < 4.78 is 5.30. The van der Waals surface area contributed by atoms with Crippen molar-refractivity contribution in [3.05, 3.63) is 0 Å². The Hall–Kier alpha value is -0.120. The van der Waals surface area contributed by atoms with Crippen LogP contribution in [0, 0.1) is 0 Å². The van der Waals surface area contributed by atoms with Gasteiger partial charge in [0, 0.05) is 6.54 Å². The quantitative estimate of drug-likeness (QED) is 0.656. The zero-order valence-corrected chi connectivity index (χ0v) is 7.99. The van der Waals surface area contributed by atoms with Crippen molar-refractivity contribution in [2.75, 3.05) is 26.2 Å². The first-order valence-corrected chi connectivity index (χ1v) is 4.70. The maximum atomic E-state index is 9.47. The van der Waals surface area contributed by atoms with Crippen molar-refractivity contribution in [3.63, 3.8) is 0 Å². The van der Waals surface area contributed by atoms with Crippen LogP contribution in [0.1, 0.15) is 20.3 Å². The van der Waals surface area contributed by atoms with Crippen LogP contribution in [0.25, 0.3) is 0 Å². The van der Waals surface area contributed by atoms with Gasteiger partial charge in [-0.2, -0.15) is 0 Å². The third-order valence-electron chi connectivity index (χ3n) is 2.04. The van der Waals surface area contributed by atoms with E-state index in [9.17, 15) is 5.11 Å². The Kier molecular flexibility index (Phi) is 3.98. The highest BCUT2D eigenvalue weighted by Gasteiger charge is 2.17. The van der Waals surface area contributed by atoms with Gasteiger partial charge in [0.1, 0.15) is 0 Å². The summed E-state index contributed by atoms with van der Waals surface area (Å²) in [6.07, 6.45) is 1.18. The molecule has 1 saturated heterocycles. The minimum atomic E-state index is -0.312. The molecule has 0 spiro atoms. The molecule has 1 atom stereocenters. The topological polar surface area (TPSA) is 32.7 Å². The molecule has 0 saturated carbocycles. The first-order valence-electron chi connectivity index (χ1n) is 4.70. The minimum Gasteiger partial charge on any atom is -0.389 e. The number of likely N-dealkylation sites (tertiary alicyclic amines) is 1. The summed E-state index contributed by atoms with van der Waals surface area (Å²) in [4.78, 5) is 2.24. The summed E-state index contributed by atoms with van der Waals surface area (Å²) in [7, 11) is 0. The van der Waals surface area contributed by atoms with Gasteiger partial charge in [-0.1, -0.05) is 0 Å². The van der Waals surface area contributed by atoms with E-state index in [0.29, 0.717) is 6.61 Å². The number of rotatable bonds is 5. The van der Waals surface area contributed by atoms with E-state index >= 15 is 0 Å². The molecule has 1 fully saturated rings. The molecular weight excluding hydrogens is 154 g/mol. The van der Waals surface area contributed by atoms with Crippen molar-refractivity contribution in [2.45, 2.75) is 32.5 Å². The Morgan fingerprint density at radius 2 is 2.08 bits per heavy atom. The van der Waals surface area contributed by atoms with E-state index in [1.807, 2.05) is 13.8 Å². The van der Waals surface area contributed by atoms with Crippen LogP contribution in [0.3, 0.4) is 0 Å². The van der Waals surface area contributed by atoms with Gasteiger partial charge in [0.2, 0.25) is 0 Å². The normalized spacial score (nSPS) is 21.0. The first-order chi connectivity index (χ1) is 5.68. The Bertz CT molecular complexity index is 124. The second-order valence-electron chi connectivity index (χ2n) is 3.69. The second-order valence-corrected chi connectivity index (χ2v) is 3.69. The van der Waals surface area contributed by atoms with Crippen LogP contribution in [0.2, 0.25) is 0 Å². The molecule has 3 nitrogen and oxygen atoms in total. The van der Waals surface area contributed by atoms with Crippen LogP contribution in [0.4, 0.5) is 0 Å². The third kappa shape index (κ3) is 3.52. The van der Waals surface area contributed by atoms with Gasteiger partial charge < -0.3 is 14.7 Å². The lowest BCUT2D eigenvalue weighted by Gasteiger charge is -2.32. The van der Waals surface area contributed by atoms with E-state index in [0.717, 1.165) is 19.6 Å². The van der Waals surface area contributed by atoms with Crippen LogP contribution in [-0.4, -0.2) is 48.5 Å². The Labute approximate surface area is 74.3 Å². The van der Waals surface area contributed by atoms with E-state index in [2.05, 4.69) is 4.90 Å². The summed E-state index contributed by atoms with van der Waals surface area (Å²) in [5, 5.41) is 9.47. The monoisotopic (exact) mass is 173 g/mol. The largest absolute Gasteiger partial charge is 0.389 e. The zero-order chi connectivity index (χ0) is 8.97. The maximum absolute atomic E-state index is 9.47. The molecule has 0 unspecified atom stereocenters. The summed E-state index contributed by atoms with van der Waals surface area (Å²) in [6, 6.07) is 0. The van der Waals surface area contributed by atoms with E-state index in [-0.39, 0.29) is 12.2 Å². The van der Waals surface area contributed by atoms with Gasteiger partial charge >= 0.3 is 0 Å². The average molecular weight is 173 g/mol. The molecule has 0 radical (unpaired) electrons. The first kappa shape index (κ1) is 9.96. The van der Waals surface area contributed by atoms with Gasteiger partial charge in [-0.15, -0.1) is 0 Å². The molecule has 0 aromatic carbocycles. The fraction of sp³-hybridized carbons (Fsp3) is 1.00. The van der Waals surface area contributed by atoms with Crippen molar-refractivity contribution >= 4 is 0 Å². The second kappa shape index (κ2) is 4.80.